The molecule has 16 heavy (non-hydrogen) atoms. The second kappa shape index (κ2) is 8.08. The lowest BCUT2D eigenvalue weighted by Crippen LogP contribution is -2.12. The number of ether oxygens (including phenoxy) is 2. The highest BCUT2D eigenvalue weighted by molar-refractivity contribution is 5.13. The van der Waals surface area contributed by atoms with Gasteiger partial charge in [0.1, 0.15) is 0 Å². The van der Waals surface area contributed by atoms with Gasteiger partial charge in [0.25, 0.3) is 0 Å². The fourth-order valence-electron chi connectivity index (χ4n) is 1.50. The van der Waals surface area contributed by atoms with Crippen molar-refractivity contribution in [1.82, 2.24) is 0 Å². The molecule has 0 radical (unpaired) electrons. The standard InChI is InChI=1S/C14H20O2/c1-3-7-14(15-2)10-11-16-12-13-8-5-4-6-9-13/h3-6,8-9,14H,1,7,10-12H2,2H3/t14-/m0/s1. The number of rotatable bonds is 8. The van der Waals surface area contributed by atoms with Crippen molar-refractivity contribution < 1.29 is 9.47 Å². The van der Waals surface area contributed by atoms with Crippen molar-refractivity contribution in [1.29, 1.82) is 0 Å². The Kier molecular flexibility index (Phi) is 6.54. The molecule has 0 aliphatic carbocycles. The van der Waals surface area contributed by atoms with Gasteiger partial charge in [-0.2, -0.15) is 0 Å². The first kappa shape index (κ1) is 12.9. The fourth-order valence-corrected chi connectivity index (χ4v) is 1.50. The molecule has 1 atom stereocenters. The van der Waals surface area contributed by atoms with E-state index in [4.69, 9.17) is 9.47 Å². The van der Waals surface area contributed by atoms with Crippen LogP contribution in [0.25, 0.3) is 0 Å². The van der Waals surface area contributed by atoms with Gasteiger partial charge in [-0.05, 0) is 18.4 Å². The second-order valence-electron chi connectivity index (χ2n) is 3.71. The lowest BCUT2D eigenvalue weighted by atomic mass is 10.2. The van der Waals surface area contributed by atoms with Gasteiger partial charge in [-0.1, -0.05) is 36.4 Å². The van der Waals surface area contributed by atoms with Crippen LogP contribution in [-0.4, -0.2) is 19.8 Å². The molecule has 2 nitrogen and oxygen atoms in total. The number of hydrogen-bond acceptors (Lipinski definition) is 2. The zero-order valence-electron chi connectivity index (χ0n) is 9.89. The Morgan fingerprint density at radius 1 is 1.31 bits per heavy atom. The summed E-state index contributed by atoms with van der Waals surface area (Å²) in [5, 5.41) is 0. The third-order valence-electron chi connectivity index (χ3n) is 2.46. The third kappa shape index (κ3) is 5.10. The molecule has 2 heteroatoms. The van der Waals surface area contributed by atoms with E-state index in [2.05, 4.69) is 18.7 Å². The lowest BCUT2D eigenvalue weighted by molar-refractivity contribution is 0.0482. The van der Waals surface area contributed by atoms with E-state index >= 15 is 0 Å². The Morgan fingerprint density at radius 2 is 2.06 bits per heavy atom. The van der Waals surface area contributed by atoms with Crippen molar-refractivity contribution in [2.24, 2.45) is 0 Å². The minimum Gasteiger partial charge on any atom is -0.381 e. The van der Waals surface area contributed by atoms with Gasteiger partial charge in [0.2, 0.25) is 0 Å². The Bertz CT molecular complexity index is 282. The van der Waals surface area contributed by atoms with Crippen LogP contribution in [0, 0.1) is 0 Å². The molecule has 0 saturated carbocycles. The summed E-state index contributed by atoms with van der Waals surface area (Å²) in [6.07, 6.45) is 3.90. The molecular weight excluding hydrogens is 200 g/mol. The molecule has 0 bridgehead atoms. The molecule has 0 fully saturated rings. The fraction of sp³-hybridized carbons (Fsp3) is 0.429. The molecule has 0 saturated heterocycles. The number of methoxy groups -OCH3 is 1. The average Bonchev–Trinajstić information content (AvgIpc) is 2.34. The van der Waals surface area contributed by atoms with Crippen LogP contribution in [0.4, 0.5) is 0 Å². The molecule has 88 valence electrons. The van der Waals surface area contributed by atoms with E-state index in [9.17, 15) is 0 Å². The summed E-state index contributed by atoms with van der Waals surface area (Å²) >= 11 is 0. The molecule has 0 aliphatic rings. The van der Waals surface area contributed by atoms with Gasteiger partial charge in [-0.3, -0.25) is 0 Å². The summed E-state index contributed by atoms with van der Waals surface area (Å²) in [6.45, 7) is 5.10. The minimum absolute atomic E-state index is 0.230. The lowest BCUT2D eigenvalue weighted by Gasteiger charge is -2.13. The quantitative estimate of drug-likeness (QED) is 0.495. The van der Waals surface area contributed by atoms with Crippen molar-refractivity contribution in [2.45, 2.75) is 25.6 Å². The van der Waals surface area contributed by atoms with Crippen molar-refractivity contribution in [3.05, 3.63) is 48.6 Å². The highest BCUT2D eigenvalue weighted by atomic mass is 16.5. The van der Waals surface area contributed by atoms with Gasteiger partial charge in [0.05, 0.1) is 12.7 Å². The normalized spacial score (nSPS) is 12.3. The molecule has 0 aliphatic heterocycles. The van der Waals surface area contributed by atoms with Crippen molar-refractivity contribution >= 4 is 0 Å². The van der Waals surface area contributed by atoms with E-state index in [1.54, 1.807) is 7.11 Å². The van der Waals surface area contributed by atoms with Gasteiger partial charge in [0, 0.05) is 13.7 Å². The topological polar surface area (TPSA) is 18.5 Å². The van der Waals surface area contributed by atoms with Gasteiger partial charge < -0.3 is 9.47 Å². The van der Waals surface area contributed by atoms with Crippen molar-refractivity contribution in [3.8, 4) is 0 Å². The van der Waals surface area contributed by atoms with E-state index in [1.165, 1.54) is 5.56 Å². The smallest absolute Gasteiger partial charge is 0.0716 e. The average molecular weight is 220 g/mol. The third-order valence-corrected chi connectivity index (χ3v) is 2.46. The SMILES string of the molecule is C=CC[C@@H](CCOCc1ccccc1)OC. The minimum atomic E-state index is 0.230. The largest absolute Gasteiger partial charge is 0.381 e. The van der Waals surface area contributed by atoms with Crippen molar-refractivity contribution in [3.63, 3.8) is 0 Å². The zero-order chi connectivity index (χ0) is 11.6. The van der Waals surface area contributed by atoms with E-state index in [0.29, 0.717) is 6.61 Å². The van der Waals surface area contributed by atoms with Crippen LogP contribution in [0.1, 0.15) is 18.4 Å². The van der Waals surface area contributed by atoms with Gasteiger partial charge in [-0.15, -0.1) is 6.58 Å². The highest BCUT2D eigenvalue weighted by Gasteiger charge is 2.04. The molecule has 0 N–H and O–H groups in total. The molecule has 0 unspecified atom stereocenters. The van der Waals surface area contributed by atoms with E-state index in [-0.39, 0.29) is 6.10 Å². The molecule has 0 aromatic heterocycles. The zero-order valence-corrected chi connectivity index (χ0v) is 9.89. The molecule has 0 spiro atoms. The van der Waals surface area contributed by atoms with Crippen LogP contribution in [0.15, 0.2) is 43.0 Å². The molecular formula is C14H20O2. The maximum Gasteiger partial charge on any atom is 0.0716 e. The van der Waals surface area contributed by atoms with E-state index in [1.807, 2.05) is 24.3 Å². The predicted molar refractivity (Wildman–Crippen MR) is 66.3 cm³/mol. The first-order valence-electron chi connectivity index (χ1n) is 5.62. The van der Waals surface area contributed by atoms with Crippen LogP contribution in [0.2, 0.25) is 0 Å². The number of hydrogen-bond donors (Lipinski definition) is 0. The van der Waals surface area contributed by atoms with Crippen LogP contribution < -0.4 is 0 Å². The molecule has 1 rings (SSSR count). The summed E-state index contributed by atoms with van der Waals surface area (Å²) < 4.78 is 10.9. The Hall–Kier alpha value is -1.12. The predicted octanol–water partition coefficient (Wildman–Crippen LogP) is 3.18. The first-order chi connectivity index (χ1) is 7.86. The summed E-state index contributed by atoms with van der Waals surface area (Å²) in [4.78, 5) is 0. The van der Waals surface area contributed by atoms with Crippen LogP contribution in [0.5, 0.6) is 0 Å². The molecule has 1 aromatic rings. The maximum absolute atomic E-state index is 5.58. The monoisotopic (exact) mass is 220 g/mol. The maximum atomic E-state index is 5.58. The van der Waals surface area contributed by atoms with Gasteiger partial charge >= 0.3 is 0 Å². The van der Waals surface area contributed by atoms with Gasteiger partial charge in [0.15, 0.2) is 0 Å². The Labute approximate surface area is 97.9 Å². The first-order valence-corrected chi connectivity index (χ1v) is 5.62. The molecule has 0 amide bonds. The van der Waals surface area contributed by atoms with Gasteiger partial charge in [-0.25, -0.2) is 0 Å². The van der Waals surface area contributed by atoms with Crippen LogP contribution in [0.3, 0.4) is 0 Å². The highest BCUT2D eigenvalue weighted by Crippen LogP contribution is 2.05. The molecule has 0 heterocycles. The van der Waals surface area contributed by atoms with E-state index < -0.39 is 0 Å². The summed E-state index contributed by atoms with van der Waals surface area (Å²) in [5.41, 5.74) is 1.21. The second-order valence-corrected chi connectivity index (χ2v) is 3.71. The summed E-state index contributed by atoms with van der Waals surface area (Å²) in [7, 11) is 1.73. The van der Waals surface area contributed by atoms with Crippen LogP contribution in [-0.2, 0) is 16.1 Å². The summed E-state index contributed by atoms with van der Waals surface area (Å²) in [5.74, 6) is 0. The van der Waals surface area contributed by atoms with Crippen molar-refractivity contribution in [2.75, 3.05) is 13.7 Å². The van der Waals surface area contributed by atoms with Crippen LogP contribution >= 0.6 is 0 Å². The van der Waals surface area contributed by atoms with E-state index in [0.717, 1.165) is 19.4 Å². The summed E-state index contributed by atoms with van der Waals surface area (Å²) in [6, 6.07) is 10.2. The Balaban J connectivity index is 2.13. The Morgan fingerprint density at radius 3 is 2.69 bits per heavy atom. The number of benzene rings is 1. The molecule has 1 aromatic carbocycles.